The van der Waals surface area contributed by atoms with E-state index in [-0.39, 0.29) is 5.97 Å². The average Bonchev–Trinajstić information content (AvgIpc) is 2.59. The molecular weight excluding hydrogens is 276 g/mol. The zero-order valence-electron chi connectivity index (χ0n) is 13.2. The summed E-state index contributed by atoms with van der Waals surface area (Å²) in [6.45, 7) is 2.21. The monoisotopic (exact) mass is 298 g/mol. The topological polar surface area (TPSA) is 52.1 Å². The first-order chi connectivity index (χ1) is 10.7. The molecule has 1 aromatic heterocycles. The molecule has 0 N–H and O–H groups in total. The zero-order chi connectivity index (χ0) is 15.8. The molecule has 0 fully saturated rings. The summed E-state index contributed by atoms with van der Waals surface area (Å²) >= 11 is 0. The molecule has 0 spiro atoms. The van der Waals surface area contributed by atoms with E-state index in [4.69, 9.17) is 0 Å². The van der Waals surface area contributed by atoms with Crippen LogP contribution in [0.3, 0.4) is 0 Å². The number of nitrogens with zero attached hydrogens (tertiary/aromatic N) is 2. The van der Waals surface area contributed by atoms with Crippen molar-refractivity contribution in [2.75, 3.05) is 7.11 Å². The maximum absolute atomic E-state index is 11.4. The quantitative estimate of drug-likeness (QED) is 0.571. The summed E-state index contributed by atoms with van der Waals surface area (Å²) in [4.78, 5) is 20.2. The molecule has 0 aliphatic rings. The lowest BCUT2D eigenvalue weighted by atomic mass is 10.1. The van der Waals surface area contributed by atoms with E-state index in [0.717, 1.165) is 12.0 Å². The van der Waals surface area contributed by atoms with Gasteiger partial charge < -0.3 is 4.74 Å². The Morgan fingerprint density at radius 3 is 2.32 bits per heavy atom. The molecule has 2 aromatic rings. The Balaban J connectivity index is 1.99. The number of ether oxygens (including phenoxy) is 1. The molecule has 2 rings (SSSR count). The van der Waals surface area contributed by atoms with Crippen molar-refractivity contribution >= 4 is 5.97 Å². The van der Waals surface area contributed by atoms with Gasteiger partial charge in [0.15, 0.2) is 5.82 Å². The number of esters is 1. The van der Waals surface area contributed by atoms with Crippen LogP contribution in [-0.4, -0.2) is 23.0 Å². The lowest BCUT2D eigenvalue weighted by Gasteiger charge is -2.04. The maximum Gasteiger partial charge on any atom is 0.337 e. The molecule has 116 valence electrons. The highest BCUT2D eigenvalue weighted by Gasteiger charge is 2.06. The number of aryl methyl sites for hydroxylation is 1. The standard InChI is InChI=1S/C18H22N2O2/c1-3-4-5-6-7-14-12-19-17(20-13-14)15-8-10-16(11-9-15)18(21)22-2/h8-13H,3-7H2,1-2H3. The van der Waals surface area contributed by atoms with Crippen molar-refractivity contribution in [1.82, 2.24) is 9.97 Å². The number of benzene rings is 1. The first kappa shape index (κ1) is 16.1. The average molecular weight is 298 g/mol. The van der Waals surface area contributed by atoms with Gasteiger partial charge in [-0.05, 0) is 30.5 Å². The molecule has 0 aliphatic heterocycles. The predicted molar refractivity (Wildman–Crippen MR) is 86.7 cm³/mol. The van der Waals surface area contributed by atoms with Crippen LogP contribution in [0.15, 0.2) is 36.7 Å². The predicted octanol–water partition coefficient (Wildman–Crippen LogP) is 4.05. The maximum atomic E-state index is 11.4. The lowest BCUT2D eigenvalue weighted by Crippen LogP contribution is -2.00. The SMILES string of the molecule is CCCCCCc1cnc(-c2ccc(C(=O)OC)cc2)nc1. The van der Waals surface area contributed by atoms with Crippen LogP contribution in [0.4, 0.5) is 0 Å². The second-order valence-corrected chi connectivity index (χ2v) is 5.29. The van der Waals surface area contributed by atoms with Crippen LogP contribution in [0.1, 0.15) is 48.5 Å². The normalized spacial score (nSPS) is 10.5. The highest BCUT2D eigenvalue weighted by molar-refractivity contribution is 5.89. The summed E-state index contributed by atoms with van der Waals surface area (Å²) in [6.07, 6.45) is 9.78. The van der Waals surface area contributed by atoms with Gasteiger partial charge in [0.1, 0.15) is 0 Å². The molecule has 0 amide bonds. The summed E-state index contributed by atoms with van der Waals surface area (Å²) in [5.41, 5.74) is 2.59. The number of hydrogen-bond acceptors (Lipinski definition) is 4. The fraction of sp³-hybridized carbons (Fsp3) is 0.389. The van der Waals surface area contributed by atoms with Crippen LogP contribution in [0.5, 0.6) is 0 Å². The summed E-state index contributed by atoms with van der Waals surface area (Å²) in [6, 6.07) is 7.12. The van der Waals surface area contributed by atoms with Gasteiger partial charge in [-0.15, -0.1) is 0 Å². The van der Waals surface area contributed by atoms with Gasteiger partial charge in [-0.1, -0.05) is 38.3 Å². The fourth-order valence-electron chi connectivity index (χ4n) is 2.26. The van der Waals surface area contributed by atoms with Gasteiger partial charge in [0, 0.05) is 18.0 Å². The molecular formula is C18H22N2O2. The van der Waals surface area contributed by atoms with E-state index in [9.17, 15) is 4.79 Å². The number of methoxy groups -OCH3 is 1. The first-order valence-electron chi connectivity index (χ1n) is 7.74. The third-order valence-electron chi connectivity index (χ3n) is 3.59. The number of hydrogen-bond donors (Lipinski definition) is 0. The Bertz CT molecular complexity index is 591. The number of carbonyl (C=O) groups is 1. The fourth-order valence-corrected chi connectivity index (χ4v) is 2.26. The molecule has 0 radical (unpaired) electrons. The molecule has 0 aliphatic carbocycles. The molecule has 1 heterocycles. The lowest BCUT2D eigenvalue weighted by molar-refractivity contribution is 0.0601. The zero-order valence-corrected chi connectivity index (χ0v) is 13.2. The minimum atomic E-state index is -0.338. The minimum absolute atomic E-state index is 0.338. The summed E-state index contributed by atoms with van der Waals surface area (Å²) in [5, 5.41) is 0. The number of unbranched alkanes of at least 4 members (excludes halogenated alkanes) is 3. The van der Waals surface area contributed by atoms with Crippen molar-refractivity contribution in [2.24, 2.45) is 0 Å². The molecule has 22 heavy (non-hydrogen) atoms. The van der Waals surface area contributed by atoms with E-state index in [2.05, 4.69) is 21.6 Å². The molecule has 0 unspecified atom stereocenters. The summed E-state index contributed by atoms with van der Waals surface area (Å²) < 4.78 is 4.68. The van der Waals surface area contributed by atoms with Crippen LogP contribution in [0.25, 0.3) is 11.4 Å². The summed E-state index contributed by atoms with van der Waals surface area (Å²) in [5.74, 6) is 0.337. The summed E-state index contributed by atoms with van der Waals surface area (Å²) in [7, 11) is 1.37. The number of aromatic nitrogens is 2. The second kappa shape index (κ2) is 8.27. The Kier molecular flexibility index (Phi) is 6.07. The Morgan fingerprint density at radius 1 is 1.05 bits per heavy atom. The van der Waals surface area contributed by atoms with E-state index in [1.165, 1.54) is 38.4 Å². The molecule has 0 saturated heterocycles. The largest absolute Gasteiger partial charge is 0.465 e. The van der Waals surface area contributed by atoms with Crippen molar-refractivity contribution in [3.8, 4) is 11.4 Å². The van der Waals surface area contributed by atoms with Gasteiger partial charge in [0.05, 0.1) is 12.7 Å². The number of rotatable bonds is 7. The molecule has 1 aromatic carbocycles. The second-order valence-electron chi connectivity index (χ2n) is 5.29. The van der Waals surface area contributed by atoms with Gasteiger partial charge in [0.25, 0.3) is 0 Å². The van der Waals surface area contributed by atoms with Crippen molar-refractivity contribution in [3.05, 3.63) is 47.8 Å². The van der Waals surface area contributed by atoms with Crippen LogP contribution in [-0.2, 0) is 11.2 Å². The first-order valence-corrected chi connectivity index (χ1v) is 7.74. The van der Waals surface area contributed by atoms with E-state index >= 15 is 0 Å². The molecule has 4 nitrogen and oxygen atoms in total. The van der Waals surface area contributed by atoms with Gasteiger partial charge in [-0.25, -0.2) is 14.8 Å². The molecule has 0 atom stereocenters. The third-order valence-corrected chi connectivity index (χ3v) is 3.59. The van der Waals surface area contributed by atoms with Crippen molar-refractivity contribution < 1.29 is 9.53 Å². The van der Waals surface area contributed by atoms with Crippen LogP contribution in [0.2, 0.25) is 0 Å². The highest BCUT2D eigenvalue weighted by atomic mass is 16.5. The molecule has 4 heteroatoms. The van der Waals surface area contributed by atoms with E-state index in [0.29, 0.717) is 11.4 Å². The van der Waals surface area contributed by atoms with E-state index in [1.54, 1.807) is 12.1 Å². The van der Waals surface area contributed by atoms with Crippen molar-refractivity contribution in [1.29, 1.82) is 0 Å². The smallest absolute Gasteiger partial charge is 0.337 e. The highest BCUT2D eigenvalue weighted by Crippen LogP contribution is 2.16. The molecule has 0 saturated carbocycles. The Labute approximate surface area is 131 Å². The Hall–Kier alpha value is -2.23. The Morgan fingerprint density at radius 2 is 1.73 bits per heavy atom. The van der Waals surface area contributed by atoms with Crippen molar-refractivity contribution in [3.63, 3.8) is 0 Å². The minimum Gasteiger partial charge on any atom is -0.465 e. The van der Waals surface area contributed by atoms with Gasteiger partial charge >= 0.3 is 5.97 Å². The van der Waals surface area contributed by atoms with E-state index in [1.807, 2.05) is 24.5 Å². The van der Waals surface area contributed by atoms with Crippen LogP contribution in [0, 0.1) is 0 Å². The van der Waals surface area contributed by atoms with Gasteiger partial charge in [-0.3, -0.25) is 0 Å². The molecule has 0 bridgehead atoms. The van der Waals surface area contributed by atoms with Crippen molar-refractivity contribution in [2.45, 2.75) is 39.0 Å². The van der Waals surface area contributed by atoms with Gasteiger partial charge in [0.2, 0.25) is 0 Å². The van der Waals surface area contributed by atoms with Crippen LogP contribution < -0.4 is 0 Å². The van der Waals surface area contributed by atoms with Crippen LogP contribution >= 0.6 is 0 Å². The number of carbonyl (C=O) groups excluding carboxylic acids is 1. The third kappa shape index (κ3) is 4.38. The van der Waals surface area contributed by atoms with E-state index < -0.39 is 0 Å². The van der Waals surface area contributed by atoms with Gasteiger partial charge in [-0.2, -0.15) is 0 Å².